The van der Waals surface area contributed by atoms with Crippen molar-refractivity contribution in [3.05, 3.63) is 53.1 Å². The minimum Gasteiger partial charge on any atom is -0.385 e. The lowest BCUT2D eigenvalue weighted by Gasteiger charge is -2.40. The highest BCUT2D eigenvalue weighted by atomic mass is 19.4. The van der Waals surface area contributed by atoms with Gasteiger partial charge in [-0.05, 0) is 32.9 Å². The summed E-state index contributed by atoms with van der Waals surface area (Å²) in [6.45, 7) is 3.23. The Balaban J connectivity index is 1.92. The molecular formula is C19H19F4N5O2. The summed E-state index contributed by atoms with van der Waals surface area (Å²) in [4.78, 5) is 28.4. The van der Waals surface area contributed by atoms with Crippen LogP contribution in [0.15, 0.2) is 29.5 Å². The van der Waals surface area contributed by atoms with Crippen LogP contribution in [-0.4, -0.2) is 45.0 Å². The number of nitrogens with zero attached hydrogens (tertiary/aromatic N) is 4. The molecule has 0 spiro atoms. The van der Waals surface area contributed by atoms with Gasteiger partial charge in [-0.25, -0.2) is 9.37 Å². The van der Waals surface area contributed by atoms with Crippen molar-refractivity contribution in [1.29, 1.82) is 0 Å². The van der Waals surface area contributed by atoms with Crippen molar-refractivity contribution in [1.82, 2.24) is 15.0 Å². The molecule has 0 fully saturated rings. The largest absolute Gasteiger partial charge is 0.424 e. The van der Waals surface area contributed by atoms with Crippen LogP contribution in [-0.2, 0) is 16.7 Å². The van der Waals surface area contributed by atoms with Gasteiger partial charge in [-0.15, -0.1) is 0 Å². The smallest absolute Gasteiger partial charge is 0.385 e. The quantitative estimate of drug-likeness (QED) is 0.597. The predicted molar refractivity (Wildman–Crippen MR) is 98.4 cm³/mol. The lowest BCUT2D eigenvalue weighted by atomic mass is 9.93. The number of carbonyl (C=O) groups excluding carboxylic acids is 1. The number of carbonyl (C=O) groups is 1. The van der Waals surface area contributed by atoms with Gasteiger partial charge in [0.25, 0.3) is 0 Å². The van der Waals surface area contributed by atoms with E-state index in [9.17, 15) is 22.4 Å². The second-order valence-electron chi connectivity index (χ2n) is 7.37. The first-order valence-electron chi connectivity index (χ1n) is 8.90. The molecule has 3 rings (SSSR count). The van der Waals surface area contributed by atoms with Crippen molar-refractivity contribution in [3.8, 4) is 0 Å². The van der Waals surface area contributed by atoms with Gasteiger partial charge in [-0.2, -0.15) is 13.2 Å². The maximum atomic E-state index is 14.5. The summed E-state index contributed by atoms with van der Waals surface area (Å²) in [5, 5.41) is 0. The highest BCUT2D eigenvalue weighted by Crippen LogP contribution is 2.40. The van der Waals surface area contributed by atoms with Crippen LogP contribution >= 0.6 is 0 Å². The lowest BCUT2D eigenvalue weighted by molar-refractivity contribution is -0.249. The minimum absolute atomic E-state index is 0.115. The standard InChI is InChI=1S/C19H19F4N5O2/c1-10-7-26-13(8-25-10)14(29)6-11-4-5-12(20)15(27-11)17(2)9-30-18(3,16(24)28-17)19(21,22)23/h4-5,7-8H,6,9H2,1-3H3,(H2,24,28)/t17-,18+/m0/s1. The number of hydrogen-bond donors (Lipinski definition) is 1. The fourth-order valence-corrected chi connectivity index (χ4v) is 2.86. The van der Waals surface area contributed by atoms with Crippen molar-refractivity contribution in [2.45, 2.75) is 44.5 Å². The van der Waals surface area contributed by atoms with Gasteiger partial charge in [0.1, 0.15) is 28.6 Å². The predicted octanol–water partition coefficient (Wildman–Crippen LogP) is 2.67. The topological polar surface area (TPSA) is 103 Å². The molecule has 0 saturated carbocycles. The zero-order chi connectivity index (χ0) is 22.3. The number of ether oxygens (including phenoxy) is 1. The fourth-order valence-electron chi connectivity index (χ4n) is 2.86. The van der Waals surface area contributed by atoms with E-state index < -0.39 is 41.4 Å². The average Bonchev–Trinajstić information content (AvgIpc) is 2.66. The van der Waals surface area contributed by atoms with Gasteiger partial charge >= 0.3 is 6.18 Å². The number of Topliss-reactive ketones (excluding diaryl/α,β-unsaturated/α-hetero) is 1. The fraction of sp³-hybridized carbons (Fsp3) is 0.421. The molecule has 1 aliphatic heterocycles. The highest BCUT2D eigenvalue weighted by molar-refractivity contribution is 5.95. The first-order chi connectivity index (χ1) is 13.9. The number of ketones is 1. The van der Waals surface area contributed by atoms with Crippen LogP contribution < -0.4 is 5.73 Å². The molecule has 0 bridgehead atoms. The van der Waals surface area contributed by atoms with Gasteiger partial charge in [-0.3, -0.25) is 19.8 Å². The molecule has 0 saturated heterocycles. The maximum absolute atomic E-state index is 14.5. The minimum atomic E-state index is -4.79. The average molecular weight is 425 g/mol. The van der Waals surface area contributed by atoms with Gasteiger partial charge in [-0.1, -0.05) is 0 Å². The van der Waals surface area contributed by atoms with E-state index in [-0.39, 0.29) is 23.5 Å². The van der Waals surface area contributed by atoms with Gasteiger partial charge in [0, 0.05) is 11.9 Å². The molecule has 2 aromatic rings. The Morgan fingerprint density at radius 3 is 2.50 bits per heavy atom. The van der Waals surface area contributed by atoms with Gasteiger partial charge in [0.15, 0.2) is 5.78 Å². The Labute approximate surface area is 169 Å². The van der Waals surface area contributed by atoms with E-state index >= 15 is 0 Å². The van der Waals surface area contributed by atoms with Crippen LogP contribution in [0.3, 0.4) is 0 Å². The van der Waals surface area contributed by atoms with E-state index in [0.717, 1.165) is 13.0 Å². The molecule has 2 atom stereocenters. The number of aromatic nitrogens is 3. The Bertz CT molecular complexity index is 1010. The number of halogens is 4. The second-order valence-corrected chi connectivity index (χ2v) is 7.37. The Kier molecular flexibility index (Phi) is 5.35. The molecule has 2 aromatic heterocycles. The number of pyridine rings is 1. The van der Waals surface area contributed by atoms with Crippen molar-refractivity contribution in [3.63, 3.8) is 0 Å². The van der Waals surface area contributed by atoms with Crippen molar-refractivity contribution >= 4 is 11.6 Å². The molecule has 160 valence electrons. The number of rotatable bonds is 4. The molecule has 30 heavy (non-hydrogen) atoms. The molecule has 0 aliphatic carbocycles. The molecule has 7 nitrogen and oxygen atoms in total. The number of alkyl halides is 3. The molecule has 0 aromatic carbocycles. The lowest BCUT2D eigenvalue weighted by Crippen LogP contribution is -2.60. The first kappa shape index (κ1) is 21.8. The van der Waals surface area contributed by atoms with Crippen molar-refractivity contribution in [2.75, 3.05) is 6.61 Å². The van der Waals surface area contributed by atoms with E-state index in [4.69, 9.17) is 10.5 Å². The molecular weight excluding hydrogens is 406 g/mol. The summed E-state index contributed by atoms with van der Waals surface area (Å²) in [6, 6.07) is 2.37. The number of nitrogens with two attached hydrogens (primary N) is 1. The third kappa shape index (κ3) is 3.89. The molecule has 3 heterocycles. The highest BCUT2D eigenvalue weighted by Gasteiger charge is 2.59. The van der Waals surface area contributed by atoms with Crippen LogP contribution in [0.1, 0.15) is 41.4 Å². The summed E-state index contributed by atoms with van der Waals surface area (Å²) in [5.41, 5.74) is 1.86. The monoisotopic (exact) mass is 425 g/mol. The van der Waals surface area contributed by atoms with Crippen molar-refractivity contribution < 1.29 is 27.1 Å². The third-order valence-corrected chi connectivity index (χ3v) is 4.86. The summed E-state index contributed by atoms with van der Waals surface area (Å²) in [5.74, 6) is -2.04. The van der Waals surface area contributed by atoms with Crippen LogP contribution in [0.5, 0.6) is 0 Å². The first-order valence-corrected chi connectivity index (χ1v) is 8.90. The Morgan fingerprint density at radius 1 is 1.23 bits per heavy atom. The van der Waals surface area contributed by atoms with Gasteiger partial charge in [0.05, 0.1) is 24.9 Å². The summed E-state index contributed by atoms with van der Waals surface area (Å²) in [7, 11) is 0. The molecule has 0 amide bonds. The molecule has 11 heteroatoms. The van der Waals surface area contributed by atoms with Crippen LogP contribution in [0.4, 0.5) is 17.6 Å². The SMILES string of the molecule is Cc1cnc(C(=O)Cc2ccc(F)c([C@]3(C)CO[C@@](C)(C(F)(F)F)C(N)=N3)n2)cn1. The summed E-state index contributed by atoms with van der Waals surface area (Å²) >= 11 is 0. The van der Waals surface area contributed by atoms with E-state index in [1.807, 2.05) is 0 Å². The third-order valence-electron chi connectivity index (χ3n) is 4.86. The van der Waals surface area contributed by atoms with E-state index in [1.165, 1.54) is 25.4 Å². The Hall–Kier alpha value is -2.95. The van der Waals surface area contributed by atoms with Gasteiger partial charge < -0.3 is 10.5 Å². The van der Waals surface area contributed by atoms with E-state index in [0.29, 0.717) is 5.69 Å². The molecule has 2 N–H and O–H groups in total. The number of aryl methyl sites for hydroxylation is 1. The summed E-state index contributed by atoms with van der Waals surface area (Å²) < 4.78 is 59.3. The molecule has 0 unspecified atom stereocenters. The molecule has 1 aliphatic rings. The van der Waals surface area contributed by atoms with Crippen LogP contribution in [0.2, 0.25) is 0 Å². The van der Waals surface area contributed by atoms with E-state index in [2.05, 4.69) is 19.9 Å². The zero-order valence-corrected chi connectivity index (χ0v) is 16.4. The number of aliphatic imine (C=N–C) groups is 1. The van der Waals surface area contributed by atoms with Crippen LogP contribution in [0.25, 0.3) is 0 Å². The van der Waals surface area contributed by atoms with Gasteiger partial charge in [0.2, 0.25) is 5.60 Å². The maximum Gasteiger partial charge on any atom is 0.424 e. The summed E-state index contributed by atoms with van der Waals surface area (Å²) in [6.07, 6.45) is -2.24. The van der Waals surface area contributed by atoms with Crippen molar-refractivity contribution in [2.24, 2.45) is 10.7 Å². The van der Waals surface area contributed by atoms with E-state index in [1.54, 1.807) is 6.92 Å². The Morgan fingerprint density at radius 2 is 1.93 bits per heavy atom. The number of amidine groups is 1. The number of hydrogen-bond acceptors (Lipinski definition) is 7. The molecule has 0 radical (unpaired) electrons. The van der Waals surface area contributed by atoms with Crippen LogP contribution in [0, 0.1) is 12.7 Å². The normalized spacial score (nSPS) is 24.4. The zero-order valence-electron chi connectivity index (χ0n) is 16.4. The second kappa shape index (κ2) is 7.38.